The first-order valence-corrected chi connectivity index (χ1v) is 6.27. The van der Waals surface area contributed by atoms with Crippen molar-refractivity contribution in [1.82, 2.24) is 0 Å². The lowest BCUT2D eigenvalue weighted by atomic mass is 10.2. The van der Waals surface area contributed by atoms with Crippen molar-refractivity contribution in [2.24, 2.45) is 0 Å². The molecule has 1 unspecified atom stereocenters. The Hall–Kier alpha value is -1.52. The molecule has 0 aliphatic carbocycles. The number of methoxy groups -OCH3 is 1. The molecular weight excluding hydrogens is 234 g/mol. The maximum Gasteiger partial charge on any atom is 0.120 e. The summed E-state index contributed by atoms with van der Waals surface area (Å²) in [5.74, 6) is 0.806. The summed E-state index contributed by atoms with van der Waals surface area (Å²) >= 11 is 1.56. The van der Waals surface area contributed by atoms with Gasteiger partial charge in [0.05, 0.1) is 7.11 Å². The predicted octanol–water partition coefficient (Wildman–Crippen LogP) is 2.90. The normalized spacial score (nSPS) is 12.1. The van der Waals surface area contributed by atoms with Gasteiger partial charge in [-0.25, -0.2) is 0 Å². The first kappa shape index (κ1) is 12.0. The number of nitrogens with one attached hydrogen (secondary N) is 1. The second-order valence-electron chi connectivity index (χ2n) is 3.64. The number of hydrogen-bond donors (Lipinski definition) is 2. The molecule has 2 N–H and O–H groups in total. The van der Waals surface area contributed by atoms with E-state index in [0.29, 0.717) is 6.54 Å². The van der Waals surface area contributed by atoms with Crippen LogP contribution < -0.4 is 10.1 Å². The van der Waals surface area contributed by atoms with Crippen LogP contribution in [0.3, 0.4) is 0 Å². The lowest BCUT2D eigenvalue weighted by Gasteiger charge is -2.12. The van der Waals surface area contributed by atoms with Crippen molar-refractivity contribution < 1.29 is 9.84 Å². The number of benzene rings is 1. The Labute approximate surface area is 105 Å². The highest BCUT2D eigenvalue weighted by Gasteiger charge is 2.07. The summed E-state index contributed by atoms with van der Waals surface area (Å²) < 4.78 is 5.13. The Morgan fingerprint density at radius 3 is 2.94 bits per heavy atom. The number of ether oxygens (including phenoxy) is 1. The molecule has 0 aliphatic heterocycles. The number of aliphatic hydroxyl groups is 1. The van der Waals surface area contributed by atoms with E-state index >= 15 is 0 Å². The fraction of sp³-hybridized carbons (Fsp3) is 0.231. The molecule has 1 aromatic carbocycles. The molecule has 3 nitrogen and oxygen atoms in total. The van der Waals surface area contributed by atoms with Crippen molar-refractivity contribution in [2.45, 2.75) is 6.10 Å². The van der Waals surface area contributed by atoms with Crippen LogP contribution in [0, 0.1) is 0 Å². The third-order valence-corrected chi connectivity index (χ3v) is 3.41. The van der Waals surface area contributed by atoms with Crippen LogP contribution >= 0.6 is 11.3 Å². The van der Waals surface area contributed by atoms with Crippen LogP contribution in [0.2, 0.25) is 0 Å². The Bertz CT molecular complexity index is 456. The van der Waals surface area contributed by atoms with Gasteiger partial charge < -0.3 is 15.2 Å². The molecule has 17 heavy (non-hydrogen) atoms. The van der Waals surface area contributed by atoms with Gasteiger partial charge in [0.2, 0.25) is 0 Å². The fourth-order valence-corrected chi connectivity index (χ4v) is 2.24. The number of rotatable bonds is 5. The van der Waals surface area contributed by atoms with E-state index in [1.165, 1.54) is 0 Å². The second-order valence-corrected chi connectivity index (χ2v) is 4.62. The van der Waals surface area contributed by atoms with E-state index in [1.54, 1.807) is 18.4 Å². The quantitative estimate of drug-likeness (QED) is 0.856. The van der Waals surface area contributed by atoms with E-state index in [-0.39, 0.29) is 0 Å². The number of thiophene rings is 1. The van der Waals surface area contributed by atoms with Gasteiger partial charge in [-0.05, 0) is 23.6 Å². The first-order chi connectivity index (χ1) is 8.29. The third-order valence-electron chi connectivity index (χ3n) is 2.44. The summed E-state index contributed by atoms with van der Waals surface area (Å²) in [4.78, 5) is 0.973. The van der Waals surface area contributed by atoms with Gasteiger partial charge in [0.1, 0.15) is 11.9 Å². The van der Waals surface area contributed by atoms with Crippen molar-refractivity contribution >= 4 is 17.0 Å². The molecule has 0 amide bonds. The standard InChI is InChI=1S/C13H15NO2S/c1-16-11-5-2-4-10(8-11)14-9-12(15)13-6-3-7-17-13/h2-8,12,14-15H,9H2,1H3. The average Bonchev–Trinajstić information content (AvgIpc) is 2.90. The SMILES string of the molecule is COc1cccc(NCC(O)c2cccs2)c1. The molecule has 0 saturated carbocycles. The molecule has 0 radical (unpaired) electrons. The van der Waals surface area contributed by atoms with Crippen LogP contribution in [0.15, 0.2) is 41.8 Å². The van der Waals surface area contributed by atoms with Crippen LogP contribution in [0.1, 0.15) is 11.0 Å². The first-order valence-electron chi connectivity index (χ1n) is 5.39. The summed E-state index contributed by atoms with van der Waals surface area (Å²) in [6.45, 7) is 0.494. The predicted molar refractivity (Wildman–Crippen MR) is 70.8 cm³/mol. The van der Waals surface area contributed by atoms with Gasteiger partial charge in [-0.15, -0.1) is 11.3 Å². The van der Waals surface area contributed by atoms with Gasteiger partial charge in [0, 0.05) is 23.2 Å². The summed E-state index contributed by atoms with van der Waals surface area (Å²) in [5.41, 5.74) is 0.944. The molecule has 2 rings (SSSR count). The Kier molecular flexibility index (Phi) is 4.01. The van der Waals surface area contributed by atoms with E-state index in [0.717, 1.165) is 16.3 Å². The van der Waals surface area contributed by atoms with Crippen LogP contribution in [0.5, 0.6) is 5.75 Å². The highest BCUT2D eigenvalue weighted by Crippen LogP contribution is 2.21. The fourth-order valence-electron chi connectivity index (χ4n) is 1.53. The van der Waals surface area contributed by atoms with Crippen LogP contribution in [-0.2, 0) is 0 Å². The van der Waals surface area contributed by atoms with E-state index in [1.807, 2.05) is 41.8 Å². The largest absolute Gasteiger partial charge is 0.497 e. The summed E-state index contributed by atoms with van der Waals surface area (Å²) in [6, 6.07) is 11.5. The summed E-state index contributed by atoms with van der Waals surface area (Å²) in [5, 5.41) is 15.1. The molecular formula is C13H15NO2S. The van der Waals surface area contributed by atoms with Gasteiger partial charge >= 0.3 is 0 Å². The van der Waals surface area contributed by atoms with E-state index in [9.17, 15) is 5.11 Å². The highest BCUT2D eigenvalue weighted by molar-refractivity contribution is 7.10. The van der Waals surface area contributed by atoms with Crippen molar-refractivity contribution in [3.05, 3.63) is 46.7 Å². The monoisotopic (exact) mass is 249 g/mol. The molecule has 0 fully saturated rings. The molecule has 4 heteroatoms. The van der Waals surface area contributed by atoms with Gasteiger partial charge in [0.25, 0.3) is 0 Å². The Morgan fingerprint density at radius 1 is 1.35 bits per heavy atom. The van der Waals surface area contributed by atoms with Crippen LogP contribution in [-0.4, -0.2) is 18.8 Å². The second kappa shape index (κ2) is 5.70. The van der Waals surface area contributed by atoms with Gasteiger partial charge in [-0.2, -0.15) is 0 Å². The number of aliphatic hydroxyl groups excluding tert-OH is 1. The highest BCUT2D eigenvalue weighted by atomic mass is 32.1. The molecule has 1 heterocycles. The molecule has 0 saturated heterocycles. The Balaban J connectivity index is 1.93. The minimum absolute atomic E-state index is 0.471. The maximum absolute atomic E-state index is 9.91. The lowest BCUT2D eigenvalue weighted by Crippen LogP contribution is -2.10. The Morgan fingerprint density at radius 2 is 2.24 bits per heavy atom. The lowest BCUT2D eigenvalue weighted by molar-refractivity contribution is 0.195. The van der Waals surface area contributed by atoms with Crippen molar-refractivity contribution in [1.29, 1.82) is 0 Å². The summed E-state index contributed by atoms with van der Waals surface area (Å²) in [7, 11) is 1.64. The number of hydrogen-bond acceptors (Lipinski definition) is 4. The molecule has 0 bridgehead atoms. The van der Waals surface area contributed by atoms with Crippen LogP contribution in [0.25, 0.3) is 0 Å². The minimum Gasteiger partial charge on any atom is -0.497 e. The van der Waals surface area contributed by atoms with Crippen molar-refractivity contribution in [2.75, 3.05) is 19.0 Å². The molecule has 1 aromatic heterocycles. The zero-order valence-corrected chi connectivity index (χ0v) is 10.4. The summed E-state index contributed by atoms with van der Waals surface area (Å²) in [6.07, 6.45) is -0.471. The van der Waals surface area contributed by atoms with Crippen molar-refractivity contribution in [3.63, 3.8) is 0 Å². The zero-order valence-electron chi connectivity index (χ0n) is 9.59. The van der Waals surface area contributed by atoms with E-state index < -0.39 is 6.10 Å². The van der Waals surface area contributed by atoms with Gasteiger partial charge in [-0.1, -0.05) is 12.1 Å². The van der Waals surface area contributed by atoms with E-state index in [4.69, 9.17) is 4.74 Å². The zero-order chi connectivity index (χ0) is 12.1. The average molecular weight is 249 g/mol. The topological polar surface area (TPSA) is 41.5 Å². The smallest absolute Gasteiger partial charge is 0.120 e. The minimum atomic E-state index is -0.471. The van der Waals surface area contributed by atoms with E-state index in [2.05, 4.69) is 5.32 Å². The maximum atomic E-state index is 9.91. The molecule has 1 atom stereocenters. The van der Waals surface area contributed by atoms with Gasteiger partial charge in [-0.3, -0.25) is 0 Å². The van der Waals surface area contributed by atoms with Crippen LogP contribution in [0.4, 0.5) is 5.69 Å². The van der Waals surface area contributed by atoms with Crippen molar-refractivity contribution in [3.8, 4) is 5.75 Å². The molecule has 90 valence electrons. The van der Waals surface area contributed by atoms with Gasteiger partial charge in [0.15, 0.2) is 0 Å². The number of anilines is 1. The third kappa shape index (κ3) is 3.22. The molecule has 2 aromatic rings. The molecule has 0 spiro atoms. The molecule has 0 aliphatic rings.